The molecule has 0 aromatic carbocycles. The highest BCUT2D eigenvalue weighted by Crippen LogP contribution is 2.26. The summed E-state index contributed by atoms with van der Waals surface area (Å²) >= 11 is 0. The Morgan fingerprint density at radius 3 is 2.62 bits per heavy atom. The highest BCUT2D eigenvalue weighted by atomic mass is 16.5. The lowest BCUT2D eigenvalue weighted by Crippen LogP contribution is -2.53. The second-order valence-electron chi connectivity index (χ2n) is 6.93. The van der Waals surface area contributed by atoms with E-state index in [-0.39, 0.29) is 5.97 Å². The van der Waals surface area contributed by atoms with Gasteiger partial charge in [0.15, 0.2) is 0 Å². The molecule has 122 valence electrons. The topological polar surface area (TPSA) is 44.8 Å². The third kappa shape index (κ3) is 4.66. The number of carbonyl (C=O) groups is 1. The van der Waals surface area contributed by atoms with Crippen molar-refractivity contribution in [2.45, 2.75) is 57.2 Å². The van der Waals surface area contributed by atoms with Crippen molar-refractivity contribution in [2.75, 3.05) is 40.3 Å². The molecule has 2 aliphatic rings. The van der Waals surface area contributed by atoms with Gasteiger partial charge in [0.25, 0.3) is 0 Å². The maximum absolute atomic E-state index is 12.3. The van der Waals surface area contributed by atoms with Crippen LogP contribution >= 0.6 is 0 Å². The van der Waals surface area contributed by atoms with Crippen LogP contribution in [0.2, 0.25) is 0 Å². The fourth-order valence-corrected chi connectivity index (χ4v) is 3.02. The molecule has 1 saturated heterocycles. The average molecular weight is 297 g/mol. The minimum absolute atomic E-state index is 0.0970. The van der Waals surface area contributed by atoms with Crippen LogP contribution in [0.1, 0.15) is 39.5 Å². The summed E-state index contributed by atoms with van der Waals surface area (Å²) in [4.78, 5) is 17.1. The lowest BCUT2D eigenvalue weighted by Gasteiger charge is -2.30. The molecule has 1 N–H and O–H groups in total. The zero-order valence-corrected chi connectivity index (χ0v) is 14.0. The first kappa shape index (κ1) is 16.7. The largest absolute Gasteiger partial charge is 0.465 e. The Bertz CT molecular complexity index is 357. The average Bonchev–Trinajstić information content (AvgIpc) is 3.10. The van der Waals surface area contributed by atoms with Gasteiger partial charge in [-0.3, -0.25) is 10.1 Å². The molecule has 1 saturated carbocycles. The molecule has 0 amide bonds. The zero-order valence-electron chi connectivity index (χ0n) is 14.0. The summed E-state index contributed by atoms with van der Waals surface area (Å²) in [6.45, 7) is 7.52. The number of likely N-dealkylation sites (N-methyl/N-ethyl adjacent to an activating group) is 1. The van der Waals surface area contributed by atoms with E-state index in [1.165, 1.54) is 19.3 Å². The van der Waals surface area contributed by atoms with Crippen LogP contribution in [-0.4, -0.2) is 73.7 Å². The Morgan fingerprint density at radius 1 is 1.38 bits per heavy atom. The fourth-order valence-electron chi connectivity index (χ4n) is 3.02. The van der Waals surface area contributed by atoms with E-state index in [0.29, 0.717) is 18.7 Å². The van der Waals surface area contributed by atoms with Gasteiger partial charge in [-0.25, -0.2) is 0 Å². The smallest absolute Gasteiger partial charge is 0.326 e. The van der Waals surface area contributed by atoms with E-state index in [1.807, 2.05) is 13.8 Å². The standard InChI is InChI=1S/C16H31N3O2/c1-5-21-15(20)16(2,17-13-6-7-13)9-11-19-10-8-14(12-19)18(3)4/h13-14,17H,5-12H2,1-4H3. The molecule has 2 atom stereocenters. The summed E-state index contributed by atoms with van der Waals surface area (Å²) in [5, 5.41) is 3.50. The van der Waals surface area contributed by atoms with E-state index >= 15 is 0 Å². The first-order valence-corrected chi connectivity index (χ1v) is 8.28. The highest BCUT2D eigenvalue weighted by Gasteiger charge is 2.40. The van der Waals surface area contributed by atoms with Crippen molar-refractivity contribution in [3.05, 3.63) is 0 Å². The van der Waals surface area contributed by atoms with Crippen LogP contribution in [0.5, 0.6) is 0 Å². The number of ether oxygens (including phenoxy) is 1. The normalized spacial score (nSPS) is 26.0. The first-order valence-electron chi connectivity index (χ1n) is 8.28. The van der Waals surface area contributed by atoms with E-state index in [0.717, 1.165) is 26.1 Å². The number of nitrogens with one attached hydrogen (secondary N) is 1. The Balaban J connectivity index is 1.85. The zero-order chi connectivity index (χ0) is 15.5. The number of hydrogen-bond acceptors (Lipinski definition) is 5. The van der Waals surface area contributed by atoms with Gasteiger partial charge in [-0.2, -0.15) is 0 Å². The predicted octanol–water partition coefficient (Wildman–Crippen LogP) is 1.09. The fraction of sp³-hybridized carbons (Fsp3) is 0.938. The van der Waals surface area contributed by atoms with Gasteiger partial charge in [0.2, 0.25) is 0 Å². The number of carbonyl (C=O) groups excluding carboxylic acids is 1. The minimum atomic E-state index is -0.534. The predicted molar refractivity (Wildman–Crippen MR) is 84.3 cm³/mol. The van der Waals surface area contributed by atoms with Crippen molar-refractivity contribution in [1.29, 1.82) is 0 Å². The molecule has 0 radical (unpaired) electrons. The Hall–Kier alpha value is -0.650. The van der Waals surface area contributed by atoms with Crippen LogP contribution in [-0.2, 0) is 9.53 Å². The monoisotopic (exact) mass is 297 g/mol. The van der Waals surface area contributed by atoms with Crippen molar-refractivity contribution in [3.63, 3.8) is 0 Å². The second kappa shape index (κ2) is 7.07. The molecule has 0 aromatic rings. The van der Waals surface area contributed by atoms with E-state index in [9.17, 15) is 4.79 Å². The molecular weight excluding hydrogens is 266 g/mol. The summed E-state index contributed by atoms with van der Waals surface area (Å²) in [6.07, 6.45) is 4.41. The van der Waals surface area contributed by atoms with Crippen molar-refractivity contribution in [1.82, 2.24) is 15.1 Å². The molecule has 2 rings (SSSR count). The highest BCUT2D eigenvalue weighted by molar-refractivity contribution is 5.80. The number of esters is 1. The van der Waals surface area contributed by atoms with Gasteiger partial charge in [0.1, 0.15) is 5.54 Å². The van der Waals surface area contributed by atoms with Gasteiger partial charge in [0.05, 0.1) is 6.61 Å². The molecule has 21 heavy (non-hydrogen) atoms. The molecule has 2 unspecified atom stereocenters. The maximum atomic E-state index is 12.3. The van der Waals surface area contributed by atoms with Gasteiger partial charge in [-0.15, -0.1) is 0 Å². The Kier molecular flexibility index (Phi) is 5.63. The van der Waals surface area contributed by atoms with Crippen molar-refractivity contribution >= 4 is 5.97 Å². The molecule has 0 bridgehead atoms. The van der Waals surface area contributed by atoms with Gasteiger partial charge in [-0.05, 0) is 60.2 Å². The number of rotatable bonds is 8. The maximum Gasteiger partial charge on any atom is 0.326 e. The summed E-state index contributed by atoms with van der Waals surface area (Å²) in [5.41, 5.74) is -0.534. The van der Waals surface area contributed by atoms with Gasteiger partial charge < -0.3 is 14.5 Å². The van der Waals surface area contributed by atoms with Crippen molar-refractivity contribution in [3.8, 4) is 0 Å². The lowest BCUT2D eigenvalue weighted by atomic mass is 9.97. The summed E-state index contributed by atoms with van der Waals surface area (Å²) < 4.78 is 5.28. The van der Waals surface area contributed by atoms with Crippen molar-refractivity contribution < 1.29 is 9.53 Å². The molecule has 1 aliphatic carbocycles. The first-order chi connectivity index (χ1) is 9.94. The van der Waals surface area contributed by atoms with E-state index in [4.69, 9.17) is 4.74 Å². The molecule has 2 fully saturated rings. The van der Waals surface area contributed by atoms with Gasteiger partial charge in [-0.1, -0.05) is 0 Å². The van der Waals surface area contributed by atoms with E-state index in [1.54, 1.807) is 0 Å². The van der Waals surface area contributed by atoms with Crippen LogP contribution in [0.25, 0.3) is 0 Å². The third-order valence-corrected chi connectivity index (χ3v) is 4.73. The third-order valence-electron chi connectivity index (χ3n) is 4.73. The van der Waals surface area contributed by atoms with E-state index < -0.39 is 5.54 Å². The van der Waals surface area contributed by atoms with E-state index in [2.05, 4.69) is 29.2 Å². The summed E-state index contributed by atoms with van der Waals surface area (Å²) in [5.74, 6) is -0.0970. The lowest BCUT2D eigenvalue weighted by molar-refractivity contribution is -0.151. The molecular formula is C16H31N3O2. The SMILES string of the molecule is CCOC(=O)C(C)(CCN1CCC(N(C)C)C1)NC1CC1. The van der Waals surface area contributed by atoms with Crippen LogP contribution < -0.4 is 5.32 Å². The summed E-state index contributed by atoms with van der Waals surface area (Å²) in [6, 6.07) is 1.16. The van der Waals surface area contributed by atoms with Crippen molar-refractivity contribution in [2.24, 2.45) is 0 Å². The summed E-state index contributed by atoms with van der Waals surface area (Å²) in [7, 11) is 4.29. The quantitative estimate of drug-likeness (QED) is 0.679. The molecule has 0 spiro atoms. The van der Waals surface area contributed by atoms with Crippen LogP contribution in [0, 0.1) is 0 Å². The number of nitrogens with zero attached hydrogens (tertiary/aromatic N) is 2. The van der Waals surface area contributed by atoms with Gasteiger partial charge in [0, 0.05) is 25.2 Å². The Labute approximate surface area is 129 Å². The number of hydrogen-bond donors (Lipinski definition) is 1. The molecule has 1 heterocycles. The Morgan fingerprint density at radius 2 is 2.10 bits per heavy atom. The molecule has 5 heteroatoms. The number of likely N-dealkylation sites (tertiary alicyclic amines) is 1. The molecule has 1 aliphatic heterocycles. The molecule has 5 nitrogen and oxygen atoms in total. The van der Waals surface area contributed by atoms with Crippen LogP contribution in [0.15, 0.2) is 0 Å². The van der Waals surface area contributed by atoms with Crippen LogP contribution in [0.3, 0.4) is 0 Å². The second-order valence-corrected chi connectivity index (χ2v) is 6.93. The molecule has 0 aromatic heterocycles. The minimum Gasteiger partial charge on any atom is -0.465 e. The van der Waals surface area contributed by atoms with Gasteiger partial charge >= 0.3 is 5.97 Å². The van der Waals surface area contributed by atoms with Crippen LogP contribution in [0.4, 0.5) is 0 Å².